The van der Waals surface area contributed by atoms with Crippen molar-refractivity contribution in [1.29, 1.82) is 0 Å². The van der Waals surface area contributed by atoms with Gasteiger partial charge in [0, 0.05) is 42.0 Å². The van der Waals surface area contributed by atoms with E-state index in [4.69, 9.17) is 17.2 Å². The number of H-pyrrole nitrogens is 2. The standard InChI is InChI=1S/C27H36N10O7/c28-17(8-14-11-33-18-5-2-1-4-16(14)18)23(40)36-20(10-22(38)39)25(42)35-19(6-3-7-32-27(29)30)24(41)37-21(26(43)44)9-15-12-31-13-34-15/h1-2,4-5,11-13,17,19-21,33H,3,6-10,28H2,(H,31,34)(H,35,42)(H,36,40)(H,37,41)(H,38,39)(H,43,44)(H4,29,30,32). The normalized spacial score (nSPS) is 13.7. The molecule has 0 fully saturated rings. The molecule has 0 bridgehead atoms. The van der Waals surface area contributed by atoms with E-state index >= 15 is 0 Å². The fourth-order valence-corrected chi connectivity index (χ4v) is 4.43. The average Bonchev–Trinajstić information content (AvgIpc) is 3.63. The lowest BCUT2D eigenvalue weighted by Crippen LogP contribution is -2.57. The minimum Gasteiger partial charge on any atom is -0.481 e. The van der Waals surface area contributed by atoms with Crippen LogP contribution in [0, 0.1) is 0 Å². The molecule has 3 amide bonds. The van der Waals surface area contributed by atoms with Crippen LogP contribution in [-0.4, -0.2) is 91.5 Å². The molecule has 2 heterocycles. The van der Waals surface area contributed by atoms with Crippen molar-refractivity contribution in [3.63, 3.8) is 0 Å². The van der Waals surface area contributed by atoms with Crippen LogP contribution < -0.4 is 33.2 Å². The number of nitrogens with two attached hydrogens (primary N) is 3. The molecule has 0 aliphatic rings. The molecule has 13 N–H and O–H groups in total. The minimum atomic E-state index is -1.60. The van der Waals surface area contributed by atoms with Gasteiger partial charge in [-0.25, -0.2) is 9.78 Å². The van der Waals surface area contributed by atoms with Crippen molar-refractivity contribution in [2.75, 3.05) is 6.54 Å². The zero-order chi connectivity index (χ0) is 32.2. The number of carbonyl (C=O) groups excluding carboxylic acids is 3. The lowest BCUT2D eigenvalue weighted by molar-refractivity contribution is -0.143. The number of aromatic amines is 2. The highest BCUT2D eigenvalue weighted by molar-refractivity contribution is 5.96. The number of nitrogens with zero attached hydrogens (tertiary/aromatic N) is 2. The number of para-hydroxylation sites is 1. The molecule has 1 aromatic carbocycles. The van der Waals surface area contributed by atoms with Crippen LogP contribution >= 0.6 is 0 Å². The largest absolute Gasteiger partial charge is 0.481 e. The van der Waals surface area contributed by atoms with Crippen molar-refractivity contribution in [2.45, 2.75) is 56.3 Å². The molecular formula is C27H36N10O7. The fourth-order valence-electron chi connectivity index (χ4n) is 4.43. The Labute approximate surface area is 251 Å². The summed E-state index contributed by atoms with van der Waals surface area (Å²) in [5.41, 5.74) is 18.8. The topological polar surface area (TPSA) is 297 Å². The Morgan fingerprint density at radius 1 is 0.909 bits per heavy atom. The van der Waals surface area contributed by atoms with E-state index in [2.05, 4.69) is 35.9 Å². The number of amides is 3. The number of benzene rings is 1. The lowest BCUT2D eigenvalue weighted by atomic mass is 10.0. The smallest absolute Gasteiger partial charge is 0.326 e. The third kappa shape index (κ3) is 9.83. The van der Waals surface area contributed by atoms with Crippen LogP contribution in [0.3, 0.4) is 0 Å². The number of aromatic nitrogens is 3. The second kappa shape index (κ2) is 15.7. The molecule has 0 aliphatic carbocycles. The average molecular weight is 613 g/mol. The van der Waals surface area contributed by atoms with Gasteiger partial charge in [-0.05, 0) is 30.9 Å². The summed E-state index contributed by atoms with van der Waals surface area (Å²) in [6, 6.07) is 1.97. The highest BCUT2D eigenvalue weighted by Crippen LogP contribution is 2.19. The second-order valence-electron chi connectivity index (χ2n) is 10.0. The van der Waals surface area contributed by atoms with E-state index in [1.807, 2.05) is 24.3 Å². The van der Waals surface area contributed by atoms with Gasteiger partial charge in [0.1, 0.15) is 18.1 Å². The first-order valence-electron chi connectivity index (χ1n) is 13.6. The third-order valence-electron chi connectivity index (χ3n) is 6.63. The Morgan fingerprint density at radius 2 is 1.59 bits per heavy atom. The van der Waals surface area contributed by atoms with Crippen molar-refractivity contribution in [3.05, 3.63) is 54.2 Å². The predicted molar refractivity (Wildman–Crippen MR) is 158 cm³/mol. The number of carbonyl (C=O) groups is 5. The van der Waals surface area contributed by atoms with Gasteiger partial charge in [0.2, 0.25) is 17.7 Å². The Balaban J connectivity index is 1.72. The Kier molecular flexibility index (Phi) is 11.8. The van der Waals surface area contributed by atoms with Crippen LogP contribution in [0.4, 0.5) is 0 Å². The SMILES string of the molecule is NC(N)=NCCCC(NC(=O)C(CC(=O)O)NC(=O)C(N)Cc1c[nH]c2ccccc12)C(=O)NC(Cc1cnc[nH]1)C(=O)O. The molecule has 0 spiro atoms. The van der Waals surface area contributed by atoms with Crippen LogP contribution in [0.15, 0.2) is 48.0 Å². The molecule has 0 saturated heterocycles. The maximum atomic E-state index is 13.2. The van der Waals surface area contributed by atoms with Gasteiger partial charge in [-0.3, -0.25) is 24.2 Å². The number of hydrogen-bond donors (Lipinski definition) is 10. The van der Waals surface area contributed by atoms with Gasteiger partial charge in [0.05, 0.1) is 18.8 Å². The summed E-state index contributed by atoms with van der Waals surface area (Å²) in [7, 11) is 0. The van der Waals surface area contributed by atoms with Gasteiger partial charge in [-0.1, -0.05) is 18.2 Å². The summed E-state index contributed by atoms with van der Waals surface area (Å²) in [5, 5.41) is 27.1. The number of imidazole rings is 1. The number of nitrogens with one attached hydrogen (secondary N) is 5. The summed E-state index contributed by atoms with van der Waals surface area (Å²) in [6.07, 6.45) is 3.78. The summed E-state index contributed by atoms with van der Waals surface area (Å²) >= 11 is 0. The van der Waals surface area contributed by atoms with Crippen LogP contribution in [0.25, 0.3) is 10.9 Å². The summed E-state index contributed by atoms with van der Waals surface area (Å²) in [4.78, 5) is 76.3. The zero-order valence-corrected chi connectivity index (χ0v) is 23.7. The van der Waals surface area contributed by atoms with Crippen LogP contribution in [0.1, 0.15) is 30.5 Å². The van der Waals surface area contributed by atoms with Crippen molar-refractivity contribution >= 4 is 46.5 Å². The monoisotopic (exact) mass is 612 g/mol. The van der Waals surface area contributed by atoms with Gasteiger partial charge >= 0.3 is 11.9 Å². The van der Waals surface area contributed by atoms with Gasteiger partial charge < -0.3 is 53.3 Å². The van der Waals surface area contributed by atoms with Gasteiger partial charge in [-0.15, -0.1) is 0 Å². The van der Waals surface area contributed by atoms with E-state index in [9.17, 15) is 34.2 Å². The number of carboxylic acid groups (broad SMARTS) is 2. The van der Waals surface area contributed by atoms with E-state index in [0.717, 1.165) is 16.5 Å². The van der Waals surface area contributed by atoms with E-state index in [1.54, 1.807) is 6.20 Å². The number of aliphatic imine (C=N–C) groups is 1. The third-order valence-corrected chi connectivity index (χ3v) is 6.63. The zero-order valence-electron chi connectivity index (χ0n) is 23.7. The van der Waals surface area contributed by atoms with Crippen LogP contribution in [0.5, 0.6) is 0 Å². The molecule has 0 saturated carbocycles. The summed E-state index contributed by atoms with van der Waals surface area (Å²) < 4.78 is 0. The van der Waals surface area contributed by atoms with Crippen molar-refractivity contribution in [3.8, 4) is 0 Å². The number of aliphatic carboxylic acids is 2. The first kappa shape index (κ1) is 33.1. The molecule has 3 rings (SSSR count). The van der Waals surface area contributed by atoms with Crippen LogP contribution in [0.2, 0.25) is 0 Å². The van der Waals surface area contributed by atoms with Gasteiger partial charge in [0.25, 0.3) is 0 Å². The van der Waals surface area contributed by atoms with Crippen molar-refractivity contribution < 1.29 is 34.2 Å². The Bertz CT molecular complexity index is 1480. The molecule has 2 aromatic heterocycles. The van der Waals surface area contributed by atoms with E-state index in [0.29, 0.717) is 5.69 Å². The highest BCUT2D eigenvalue weighted by atomic mass is 16.4. The predicted octanol–water partition coefficient (Wildman–Crippen LogP) is -1.93. The number of guanidine groups is 1. The number of carboxylic acids is 2. The quantitative estimate of drug-likeness (QED) is 0.0455. The maximum Gasteiger partial charge on any atom is 0.326 e. The molecule has 236 valence electrons. The highest BCUT2D eigenvalue weighted by Gasteiger charge is 2.31. The van der Waals surface area contributed by atoms with E-state index in [1.165, 1.54) is 12.5 Å². The van der Waals surface area contributed by atoms with Gasteiger partial charge in [-0.2, -0.15) is 0 Å². The molecule has 0 radical (unpaired) electrons. The van der Waals surface area contributed by atoms with E-state index < -0.39 is 60.2 Å². The van der Waals surface area contributed by atoms with E-state index in [-0.39, 0.29) is 38.2 Å². The minimum absolute atomic E-state index is 0.0431. The Morgan fingerprint density at radius 3 is 2.25 bits per heavy atom. The first-order chi connectivity index (χ1) is 20.9. The number of rotatable bonds is 17. The summed E-state index contributed by atoms with van der Waals surface area (Å²) in [6.45, 7) is 0.0937. The maximum absolute atomic E-state index is 13.2. The summed E-state index contributed by atoms with van der Waals surface area (Å²) in [5.74, 6) is -5.53. The molecule has 0 aliphatic heterocycles. The molecular weight excluding hydrogens is 576 g/mol. The fraction of sp³-hybridized carbons (Fsp3) is 0.370. The first-order valence-corrected chi connectivity index (χ1v) is 13.6. The van der Waals surface area contributed by atoms with Crippen LogP contribution in [-0.2, 0) is 36.8 Å². The Hall–Kier alpha value is -5.45. The lowest BCUT2D eigenvalue weighted by Gasteiger charge is -2.24. The molecule has 17 nitrogen and oxygen atoms in total. The van der Waals surface area contributed by atoms with Crippen molar-refractivity contribution in [1.82, 2.24) is 30.9 Å². The van der Waals surface area contributed by atoms with Crippen molar-refractivity contribution in [2.24, 2.45) is 22.2 Å². The molecule has 17 heteroatoms. The molecule has 44 heavy (non-hydrogen) atoms. The molecule has 3 aromatic rings. The second-order valence-corrected chi connectivity index (χ2v) is 10.0. The number of fused-ring (bicyclic) bond motifs is 1. The molecule has 4 atom stereocenters. The number of hydrogen-bond acceptors (Lipinski definition) is 8. The molecule has 4 unspecified atom stereocenters. The van der Waals surface area contributed by atoms with Gasteiger partial charge in [0.15, 0.2) is 5.96 Å².